The highest BCUT2D eigenvalue weighted by molar-refractivity contribution is 7.99. The van der Waals surface area contributed by atoms with Crippen molar-refractivity contribution < 1.29 is 13.9 Å². The van der Waals surface area contributed by atoms with E-state index in [-0.39, 0.29) is 0 Å². The molecule has 1 aromatic rings. The number of hydrogen-bond donors (Lipinski definition) is 1. The first-order valence-electron chi connectivity index (χ1n) is 4.84. The van der Waals surface area contributed by atoms with Crippen molar-refractivity contribution in [2.24, 2.45) is 0 Å². The van der Waals surface area contributed by atoms with Gasteiger partial charge < -0.3 is 5.11 Å². The molecule has 1 aliphatic rings. The van der Waals surface area contributed by atoms with Crippen LogP contribution in [0, 0.1) is 0 Å². The molecule has 0 bridgehead atoms. The maximum absolute atomic E-state index is 12.1. The van der Waals surface area contributed by atoms with Gasteiger partial charge in [-0.3, -0.25) is 0 Å². The molecule has 82 valence electrons. The smallest absolute Gasteiger partial charge is 0.288 e. The molecule has 0 saturated heterocycles. The maximum atomic E-state index is 12.1. The van der Waals surface area contributed by atoms with Gasteiger partial charge in [0.05, 0.1) is 5.60 Å². The molecule has 1 fully saturated rings. The van der Waals surface area contributed by atoms with E-state index < -0.39 is 11.4 Å². The van der Waals surface area contributed by atoms with E-state index in [0.717, 1.165) is 18.4 Å². The van der Waals surface area contributed by atoms with E-state index in [9.17, 15) is 13.9 Å². The monoisotopic (exact) mass is 230 g/mol. The molecule has 0 aliphatic heterocycles. The van der Waals surface area contributed by atoms with Crippen LogP contribution in [0.15, 0.2) is 29.2 Å². The van der Waals surface area contributed by atoms with Crippen LogP contribution in [0.4, 0.5) is 8.78 Å². The average molecular weight is 230 g/mol. The lowest BCUT2D eigenvalue weighted by Crippen LogP contribution is -2.10. The summed E-state index contributed by atoms with van der Waals surface area (Å²) in [5.74, 6) is -2.38. The molecule has 4 heteroatoms. The quantitative estimate of drug-likeness (QED) is 0.802. The Morgan fingerprint density at radius 1 is 1.40 bits per heavy atom. The fourth-order valence-corrected chi connectivity index (χ4v) is 2.11. The van der Waals surface area contributed by atoms with Crippen LogP contribution in [0.25, 0.3) is 0 Å². The van der Waals surface area contributed by atoms with Crippen molar-refractivity contribution in [3.63, 3.8) is 0 Å². The summed E-state index contributed by atoms with van der Waals surface area (Å²) in [7, 11) is 0. The summed E-state index contributed by atoms with van der Waals surface area (Å²) in [5.41, 5.74) is 0.370. The lowest BCUT2D eigenvalue weighted by atomic mass is 10.1. The Morgan fingerprint density at radius 3 is 2.73 bits per heavy atom. The van der Waals surface area contributed by atoms with Gasteiger partial charge in [0.25, 0.3) is 5.76 Å². The summed E-state index contributed by atoms with van der Waals surface area (Å²) in [4.78, 5) is 0.562. The number of alkyl halides is 2. The van der Waals surface area contributed by atoms with Gasteiger partial charge in [-0.25, -0.2) is 0 Å². The fourth-order valence-electron chi connectivity index (χ4n) is 1.53. The van der Waals surface area contributed by atoms with E-state index >= 15 is 0 Å². The summed E-state index contributed by atoms with van der Waals surface area (Å²) >= 11 is 0.544. The van der Waals surface area contributed by atoms with Gasteiger partial charge in [0.1, 0.15) is 0 Å². The Morgan fingerprint density at radius 2 is 2.13 bits per heavy atom. The molecular weight excluding hydrogens is 218 g/mol. The van der Waals surface area contributed by atoms with E-state index in [4.69, 9.17) is 0 Å². The molecule has 1 aromatic carbocycles. The predicted octanol–water partition coefficient (Wildman–Crippen LogP) is 3.07. The van der Waals surface area contributed by atoms with Gasteiger partial charge in [-0.05, 0) is 30.5 Å². The molecule has 0 spiro atoms. The van der Waals surface area contributed by atoms with Gasteiger partial charge in [-0.1, -0.05) is 23.9 Å². The lowest BCUT2D eigenvalue weighted by molar-refractivity contribution is 0.151. The molecule has 0 amide bonds. The molecule has 0 aromatic heterocycles. The van der Waals surface area contributed by atoms with Gasteiger partial charge in [0, 0.05) is 11.3 Å². The Kier molecular flexibility index (Phi) is 2.98. The molecule has 0 atom stereocenters. The lowest BCUT2D eigenvalue weighted by Gasteiger charge is -2.08. The summed E-state index contributed by atoms with van der Waals surface area (Å²) in [6.07, 6.45) is 2.21. The van der Waals surface area contributed by atoms with E-state index in [0.29, 0.717) is 23.1 Å². The van der Waals surface area contributed by atoms with Crippen molar-refractivity contribution >= 4 is 11.8 Å². The molecule has 1 aliphatic carbocycles. The van der Waals surface area contributed by atoms with Crippen LogP contribution in [0.2, 0.25) is 0 Å². The molecule has 0 radical (unpaired) electrons. The molecule has 2 rings (SSSR count). The highest BCUT2D eigenvalue weighted by Crippen LogP contribution is 2.38. The Hall–Kier alpha value is -0.610. The Labute approximate surface area is 91.5 Å². The molecule has 1 nitrogen and oxygen atoms in total. The summed E-state index contributed by atoms with van der Waals surface area (Å²) < 4.78 is 24.2. The van der Waals surface area contributed by atoms with Gasteiger partial charge in [-0.15, -0.1) is 0 Å². The molecule has 1 saturated carbocycles. The Bertz CT molecular complexity index is 350. The zero-order valence-electron chi connectivity index (χ0n) is 8.12. The molecule has 15 heavy (non-hydrogen) atoms. The van der Waals surface area contributed by atoms with Crippen molar-refractivity contribution in [1.82, 2.24) is 0 Å². The normalized spacial score (nSPS) is 18.1. The van der Waals surface area contributed by atoms with Crippen molar-refractivity contribution in [2.45, 2.75) is 35.5 Å². The van der Waals surface area contributed by atoms with Crippen LogP contribution in [-0.4, -0.2) is 16.5 Å². The number of hydrogen-bond acceptors (Lipinski definition) is 2. The SMILES string of the molecule is OC1(Cc2cccc(SC(F)F)c2)CC1. The van der Waals surface area contributed by atoms with Crippen LogP contribution >= 0.6 is 11.8 Å². The van der Waals surface area contributed by atoms with Crippen LogP contribution < -0.4 is 0 Å². The van der Waals surface area contributed by atoms with E-state index in [2.05, 4.69) is 0 Å². The second-order valence-corrected chi connectivity index (χ2v) is 4.99. The molecular formula is C11H12F2OS. The van der Waals surface area contributed by atoms with Gasteiger partial charge in [-0.2, -0.15) is 8.78 Å². The van der Waals surface area contributed by atoms with E-state index in [1.54, 1.807) is 18.2 Å². The molecule has 1 N–H and O–H groups in total. The van der Waals surface area contributed by atoms with Crippen LogP contribution in [-0.2, 0) is 6.42 Å². The zero-order valence-corrected chi connectivity index (χ0v) is 8.94. The highest BCUT2D eigenvalue weighted by atomic mass is 32.2. The number of benzene rings is 1. The third kappa shape index (κ3) is 3.18. The van der Waals surface area contributed by atoms with Crippen molar-refractivity contribution in [3.8, 4) is 0 Å². The summed E-state index contributed by atoms with van der Waals surface area (Å²) in [6.45, 7) is 0. The first-order chi connectivity index (χ1) is 7.07. The second kappa shape index (κ2) is 4.10. The maximum Gasteiger partial charge on any atom is 0.288 e. The minimum atomic E-state index is -2.38. The second-order valence-electron chi connectivity index (χ2n) is 3.93. The fraction of sp³-hybridized carbons (Fsp3) is 0.455. The Balaban J connectivity index is 2.05. The van der Waals surface area contributed by atoms with Crippen LogP contribution in [0.1, 0.15) is 18.4 Å². The van der Waals surface area contributed by atoms with Crippen molar-refractivity contribution in [2.75, 3.05) is 0 Å². The van der Waals surface area contributed by atoms with Gasteiger partial charge in [0.15, 0.2) is 0 Å². The first kappa shape index (κ1) is 10.9. The third-order valence-corrected chi connectivity index (χ3v) is 3.19. The number of halogens is 2. The third-order valence-electron chi connectivity index (χ3n) is 2.48. The molecule has 0 unspecified atom stereocenters. The largest absolute Gasteiger partial charge is 0.390 e. The van der Waals surface area contributed by atoms with Crippen LogP contribution in [0.5, 0.6) is 0 Å². The number of aliphatic hydroxyl groups is 1. The molecule has 0 heterocycles. The summed E-state index contributed by atoms with van der Waals surface area (Å²) in [5, 5.41) is 9.70. The zero-order chi connectivity index (χ0) is 10.9. The minimum Gasteiger partial charge on any atom is -0.390 e. The highest BCUT2D eigenvalue weighted by Gasteiger charge is 2.40. The van der Waals surface area contributed by atoms with Crippen molar-refractivity contribution in [3.05, 3.63) is 29.8 Å². The average Bonchev–Trinajstić information content (AvgIpc) is 2.82. The number of rotatable bonds is 4. The van der Waals surface area contributed by atoms with E-state index in [1.807, 2.05) is 6.07 Å². The first-order valence-corrected chi connectivity index (χ1v) is 5.72. The predicted molar refractivity (Wildman–Crippen MR) is 56.2 cm³/mol. The number of thioether (sulfide) groups is 1. The summed E-state index contributed by atoms with van der Waals surface area (Å²) in [6, 6.07) is 7.02. The van der Waals surface area contributed by atoms with E-state index in [1.165, 1.54) is 0 Å². The standard InChI is InChI=1S/C11H12F2OS/c12-10(13)15-9-3-1-2-8(6-9)7-11(14)4-5-11/h1-3,6,10,14H,4-5,7H2. The topological polar surface area (TPSA) is 20.2 Å². The van der Waals surface area contributed by atoms with Gasteiger partial charge >= 0.3 is 0 Å². The van der Waals surface area contributed by atoms with Crippen molar-refractivity contribution in [1.29, 1.82) is 0 Å². The van der Waals surface area contributed by atoms with Crippen LogP contribution in [0.3, 0.4) is 0 Å². The van der Waals surface area contributed by atoms with Gasteiger partial charge in [0.2, 0.25) is 0 Å². The minimum absolute atomic E-state index is 0.544.